The highest BCUT2D eigenvalue weighted by Crippen LogP contribution is 2.23. The zero-order valence-electron chi connectivity index (χ0n) is 12.4. The Balaban J connectivity index is 1.60. The van der Waals surface area contributed by atoms with E-state index < -0.39 is 11.6 Å². The standard InChI is InChI=1S/C16H20F2N2O2/c17-13-3-4-14(18)15(10-13)19-5-7-20(8-6-19)16(21)12-2-1-9-22-11-12/h3-4,10,12H,1-2,5-9,11H2/t12-/m1/s1. The molecule has 4 nitrogen and oxygen atoms in total. The lowest BCUT2D eigenvalue weighted by Gasteiger charge is -2.38. The van der Waals surface area contributed by atoms with Crippen LogP contribution in [-0.4, -0.2) is 50.2 Å². The number of carbonyl (C=O) groups excluding carboxylic acids is 1. The van der Waals surface area contributed by atoms with Crippen LogP contribution in [0.3, 0.4) is 0 Å². The van der Waals surface area contributed by atoms with Crippen molar-refractivity contribution in [2.75, 3.05) is 44.3 Å². The van der Waals surface area contributed by atoms with Gasteiger partial charge in [-0.25, -0.2) is 8.78 Å². The van der Waals surface area contributed by atoms with Crippen LogP contribution in [-0.2, 0) is 9.53 Å². The van der Waals surface area contributed by atoms with Crippen LogP contribution >= 0.6 is 0 Å². The summed E-state index contributed by atoms with van der Waals surface area (Å²) in [6, 6.07) is 3.46. The normalized spacial score (nSPS) is 22.7. The van der Waals surface area contributed by atoms with E-state index in [0.29, 0.717) is 32.8 Å². The number of ether oxygens (including phenoxy) is 1. The van der Waals surface area contributed by atoms with E-state index in [1.54, 1.807) is 4.90 Å². The number of hydrogen-bond donors (Lipinski definition) is 0. The van der Waals surface area contributed by atoms with Crippen molar-refractivity contribution in [3.63, 3.8) is 0 Å². The maximum Gasteiger partial charge on any atom is 0.228 e. The number of piperazine rings is 1. The van der Waals surface area contributed by atoms with E-state index in [9.17, 15) is 13.6 Å². The molecule has 3 rings (SSSR count). The van der Waals surface area contributed by atoms with Crippen molar-refractivity contribution in [2.24, 2.45) is 5.92 Å². The molecule has 1 amide bonds. The Morgan fingerprint density at radius 3 is 2.64 bits per heavy atom. The van der Waals surface area contributed by atoms with Crippen molar-refractivity contribution in [3.05, 3.63) is 29.8 Å². The predicted octanol–water partition coefficient (Wildman–Crippen LogP) is 2.04. The van der Waals surface area contributed by atoms with E-state index in [1.165, 1.54) is 6.07 Å². The Morgan fingerprint density at radius 1 is 1.18 bits per heavy atom. The van der Waals surface area contributed by atoms with Gasteiger partial charge in [0, 0.05) is 38.9 Å². The van der Waals surface area contributed by atoms with Gasteiger partial charge in [0.1, 0.15) is 11.6 Å². The summed E-state index contributed by atoms with van der Waals surface area (Å²) >= 11 is 0. The van der Waals surface area contributed by atoms with E-state index in [2.05, 4.69) is 0 Å². The van der Waals surface area contributed by atoms with Crippen molar-refractivity contribution in [1.82, 2.24) is 4.90 Å². The monoisotopic (exact) mass is 310 g/mol. The molecule has 2 saturated heterocycles. The maximum absolute atomic E-state index is 13.8. The number of nitrogens with zero attached hydrogens (tertiary/aromatic N) is 2. The molecule has 0 unspecified atom stereocenters. The summed E-state index contributed by atoms with van der Waals surface area (Å²) in [6.45, 7) is 3.32. The van der Waals surface area contributed by atoms with E-state index in [-0.39, 0.29) is 17.5 Å². The molecule has 120 valence electrons. The number of benzene rings is 1. The Labute approximate surface area is 128 Å². The average molecular weight is 310 g/mol. The molecule has 2 aliphatic rings. The second-order valence-electron chi connectivity index (χ2n) is 5.82. The minimum Gasteiger partial charge on any atom is -0.381 e. The molecular formula is C16H20F2N2O2. The number of hydrogen-bond acceptors (Lipinski definition) is 3. The molecule has 0 bridgehead atoms. The molecule has 1 atom stereocenters. The molecule has 0 saturated carbocycles. The molecule has 1 aromatic carbocycles. The first-order valence-corrected chi connectivity index (χ1v) is 7.71. The number of halogens is 2. The molecule has 0 N–H and O–H groups in total. The summed E-state index contributed by atoms with van der Waals surface area (Å²) in [5, 5.41) is 0. The SMILES string of the molecule is O=C([C@@H]1CCCOC1)N1CCN(c2cc(F)ccc2F)CC1. The first kappa shape index (κ1) is 15.2. The zero-order valence-corrected chi connectivity index (χ0v) is 12.4. The molecule has 0 aliphatic carbocycles. The van der Waals surface area contributed by atoms with Gasteiger partial charge in [0.15, 0.2) is 0 Å². The van der Waals surface area contributed by atoms with Crippen molar-refractivity contribution >= 4 is 11.6 Å². The van der Waals surface area contributed by atoms with Gasteiger partial charge < -0.3 is 14.5 Å². The fourth-order valence-electron chi connectivity index (χ4n) is 3.09. The second-order valence-corrected chi connectivity index (χ2v) is 5.82. The Kier molecular flexibility index (Phi) is 4.57. The molecule has 0 aromatic heterocycles. The number of anilines is 1. The lowest BCUT2D eigenvalue weighted by molar-refractivity contribution is -0.140. The molecule has 2 heterocycles. The van der Waals surface area contributed by atoms with Crippen LogP contribution < -0.4 is 4.90 Å². The van der Waals surface area contributed by atoms with Gasteiger partial charge in [0.2, 0.25) is 5.91 Å². The van der Waals surface area contributed by atoms with Crippen LogP contribution in [0.25, 0.3) is 0 Å². The second kappa shape index (κ2) is 6.60. The zero-order chi connectivity index (χ0) is 15.5. The van der Waals surface area contributed by atoms with Gasteiger partial charge in [-0.3, -0.25) is 4.79 Å². The van der Waals surface area contributed by atoms with E-state index in [0.717, 1.165) is 31.6 Å². The van der Waals surface area contributed by atoms with E-state index in [1.807, 2.05) is 4.90 Å². The van der Waals surface area contributed by atoms with Crippen molar-refractivity contribution in [1.29, 1.82) is 0 Å². The summed E-state index contributed by atoms with van der Waals surface area (Å²) in [5.74, 6) is -0.804. The lowest BCUT2D eigenvalue weighted by Crippen LogP contribution is -2.51. The van der Waals surface area contributed by atoms with Crippen molar-refractivity contribution in [2.45, 2.75) is 12.8 Å². The highest BCUT2D eigenvalue weighted by Gasteiger charge is 2.29. The summed E-state index contributed by atoms with van der Waals surface area (Å²) < 4.78 is 32.4. The topological polar surface area (TPSA) is 32.8 Å². The van der Waals surface area contributed by atoms with Crippen LogP contribution in [0.15, 0.2) is 18.2 Å². The largest absolute Gasteiger partial charge is 0.381 e. The first-order chi connectivity index (χ1) is 10.6. The summed E-state index contributed by atoms with van der Waals surface area (Å²) in [7, 11) is 0. The Hall–Kier alpha value is -1.69. The lowest BCUT2D eigenvalue weighted by atomic mass is 10.0. The molecule has 2 aliphatic heterocycles. The van der Waals surface area contributed by atoms with Crippen LogP contribution in [0.1, 0.15) is 12.8 Å². The predicted molar refractivity (Wildman–Crippen MR) is 78.7 cm³/mol. The fourth-order valence-corrected chi connectivity index (χ4v) is 3.09. The smallest absolute Gasteiger partial charge is 0.228 e. The minimum absolute atomic E-state index is 0.0498. The first-order valence-electron chi connectivity index (χ1n) is 7.71. The third kappa shape index (κ3) is 3.21. The van der Waals surface area contributed by atoms with Crippen molar-refractivity contribution < 1.29 is 18.3 Å². The van der Waals surface area contributed by atoms with Crippen LogP contribution in [0.4, 0.5) is 14.5 Å². The highest BCUT2D eigenvalue weighted by molar-refractivity contribution is 5.79. The van der Waals surface area contributed by atoms with Gasteiger partial charge in [0.05, 0.1) is 18.2 Å². The van der Waals surface area contributed by atoms with E-state index >= 15 is 0 Å². The van der Waals surface area contributed by atoms with Gasteiger partial charge in [-0.1, -0.05) is 0 Å². The van der Waals surface area contributed by atoms with Crippen molar-refractivity contribution in [3.8, 4) is 0 Å². The third-order valence-corrected chi connectivity index (χ3v) is 4.35. The van der Waals surface area contributed by atoms with Crippen LogP contribution in [0.5, 0.6) is 0 Å². The average Bonchev–Trinajstić information content (AvgIpc) is 2.57. The summed E-state index contributed by atoms with van der Waals surface area (Å²) in [6.07, 6.45) is 1.79. The molecule has 22 heavy (non-hydrogen) atoms. The molecule has 0 spiro atoms. The molecular weight excluding hydrogens is 290 g/mol. The fraction of sp³-hybridized carbons (Fsp3) is 0.562. The quantitative estimate of drug-likeness (QED) is 0.838. The van der Waals surface area contributed by atoms with Crippen LogP contribution in [0, 0.1) is 17.6 Å². The van der Waals surface area contributed by atoms with E-state index in [4.69, 9.17) is 4.74 Å². The summed E-state index contributed by atoms with van der Waals surface area (Å²) in [5.41, 5.74) is 0.271. The van der Waals surface area contributed by atoms with Gasteiger partial charge in [-0.15, -0.1) is 0 Å². The third-order valence-electron chi connectivity index (χ3n) is 4.35. The maximum atomic E-state index is 13.8. The van der Waals surface area contributed by atoms with Crippen LogP contribution in [0.2, 0.25) is 0 Å². The van der Waals surface area contributed by atoms with Gasteiger partial charge >= 0.3 is 0 Å². The molecule has 1 aromatic rings. The van der Waals surface area contributed by atoms with Gasteiger partial charge in [-0.05, 0) is 25.0 Å². The minimum atomic E-state index is -0.450. The number of rotatable bonds is 2. The molecule has 2 fully saturated rings. The Bertz CT molecular complexity index is 539. The molecule has 6 heteroatoms. The molecule has 0 radical (unpaired) electrons. The highest BCUT2D eigenvalue weighted by atomic mass is 19.1. The number of amides is 1. The van der Waals surface area contributed by atoms with Gasteiger partial charge in [0.25, 0.3) is 0 Å². The summed E-state index contributed by atoms with van der Waals surface area (Å²) in [4.78, 5) is 16.0. The van der Waals surface area contributed by atoms with Gasteiger partial charge in [-0.2, -0.15) is 0 Å². The number of carbonyl (C=O) groups is 1. The Morgan fingerprint density at radius 2 is 1.95 bits per heavy atom.